The van der Waals surface area contributed by atoms with Gasteiger partial charge >= 0.3 is 0 Å². The van der Waals surface area contributed by atoms with E-state index in [4.69, 9.17) is 11.6 Å². The van der Waals surface area contributed by atoms with Crippen molar-refractivity contribution in [1.82, 2.24) is 0 Å². The fourth-order valence-corrected chi connectivity index (χ4v) is 1.57. The fourth-order valence-electron chi connectivity index (χ4n) is 1.51. The molecule has 0 aliphatic rings. The Morgan fingerprint density at radius 3 is 2.69 bits per heavy atom. The summed E-state index contributed by atoms with van der Waals surface area (Å²) in [4.78, 5) is 11.1. The minimum atomic E-state index is -0.249. The van der Waals surface area contributed by atoms with Gasteiger partial charge in [0, 0.05) is 5.69 Å². The van der Waals surface area contributed by atoms with Crippen molar-refractivity contribution in [2.45, 2.75) is 0 Å². The number of halogens is 1. The van der Waals surface area contributed by atoms with Crippen molar-refractivity contribution in [2.75, 3.05) is 11.2 Å². The third kappa shape index (κ3) is 2.25. The molecule has 0 heterocycles. The normalized spacial score (nSPS) is 10.3. The fraction of sp³-hybridized carbons (Fsp3) is 0.0833. The van der Waals surface area contributed by atoms with Crippen molar-refractivity contribution in [3.63, 3.8) is 0 Å². The minimum Gasteiger partial charge on any atom is -0.508 e. The van der Waals surface area contributed by atoms with Crippen LogP contribution in [0.3, 0.4) is 0 Å². The third-order valence-corrected chi connectivity index (χ3v) is 2.47. The molecule has 0 aromatic heterocycles. The first-order valence-corrected chi connectivity index (χ1v) is 5.31. The van der Waals surface area contributed by atoms with Crippen molar-refractivity contribution < 1.29 is 9.90 Å². The van der Waals surface area contributed by atoms with Crippen molar-refractivity contribution in [1.29, 1.82) is 0 Å². The molecule has 0 saturated heterocycles. The van der Waals surface area contributed by atoms with E-state index >= 15 is 0 Å². The number of phenols is 1. The van der Waals surface area contributed by atoms with E-state index in [0.717, 1.165) is 10.8 Å². The summed E-state index contributed by atoms with van der Waals surface area (Å²) in [5.41, 5.74) is 0.670. The molecule has 16 heavy (non-hydrogen) atoms. The Labute approximate surface area is 97.7 Å². The summed E-state index contributed by atoms with van der Waals surface area (Å²) in [5.74, 6) is -0.118. The summed E-state index contributed by atoms with van der Waals surface area (Å²) in [6.45, 7) is 0. The van der Waals surface area contributed by atoms with Crippen LogP contribution in [-0.4, -0.2) is 16.9 Å². The van der Waals surface area contributed by atoms with Gasteiger partial charge in [-0.3, -0.25) is 4.79 Å². The molecule has 0 spiro atoms. The number of nitrogens with one attached hydrogen (secondary N) is 1. The summed E-state index contributed by atoms with van der Waals surface area (Å²) in [7, 11) is 0. The van der Waals surface area contributed by atoms with Gasteiger partial charge in [0.15, 0.2) is 0 Å². The Morgan fingerprint density at radius 1 is 1.19 bits per heavy atom. The number of alkyl halides is 1. The summed E-state index contributed by atoms with van der Waals surface area (Å²) in [6.07, 6.45) is 0. The topological polar surface area (TPSA) is 49.3 Å². The second-order valence-corrected chi connectivity index (χ2v) is 3.70. The van der Waals surface area contributed by atoms with Gasteiger partial charge in [0.05, 0.1) is 0 Å². The van der Waals surface area contributed by atoms with Gasteiger partial charge in [-0.05, 0) is 35.0 Å². The van der Waals surface area contributed by atoms with Crippen LogP contribution in [0, 0.1) is 0 Å². The number of benzene rings is 2. The predicted molar refractivity (Wildman–Crippen MR) is 65.0 cm³/mol. The number of anilines is 1. The lowest BCUT2D eigenvalue weighted by Gasteiger charge is -2.05. The van der Waals surface area contributed by atoms with Gasteiger partial charge in [-0.1, -0.05) is 12.1 Å². The highest BCUT2D eigenvalue weighted by Gasteiger charge is 2.01. The molecule has 2 N–H and O–H groups in total. The van der Waals surface area contributed by atoms with Crippen LogP contribution in [-0.2, 0) is 4.79 Å². The maximum absolute atomic E-state index is 11.1. The summed E-state index contributed by atoms with van der Waals surface area (Å²) >= 11 is 5.39. The molecule has 3 nitrogen and oxygen atoms in total. The molecule has 2 rings (SSSR count). The number of amides is 1. The molecule has 0 atom stereocenters. The molecule has 0 radical (unpaired) electrons. The quantitative estimate of drug-likeness (QED) is 0.787. The maximum Gasteiger partial charge on any atom is 0.239 e. The number of aromatic hydroxyl groups is 1. The zero-order chi connectivity index (χ0) is 11.5. The molecule has 0 unspecified atom stereocenters. The molecule has 2 aromatic carbocycles. The number of rotatable bonds is 2. The Balaban J connectivity index is 2.39. The van der Waals surface area contributed by atoms with E-state index in [0.29, 0.717) is 5.69 Å². The highest BCUT2D eigenvalue weighted by molar-refractivity contribution is 6.29. The number of carbonyl (C=O) groups excluding carboxylic acids is 1. The summed E-state index contributed by atoms with van der Waals surface area (Å²) < 4.78 is 0. The van der Waals surface area contributed by atoms with E-state index in [-0.39, 0.29) is 17.5 Å². The molecule has 82 valence electrons. The van der Waals surface area contributed by atoms with Gasteiger partial charge in [0.1, 0.15) is 11.6 Å². The van der Waals surface area contributed by atoms with Gasteiger partial charge in [-0.25, -0.2) is 0 Å². The van der Waals surface area contributed by atoms with E-state index in [1.165, 1.54) is 0 Å². The Bertz CT molecular complexity index is 540. The Morgan fingerprint density at radius 2 is 1.94 bits per heavy atom. The molecule has 4 heteroatoms. The van der Waals surface area contributed by atoms with Gasteiger partial charge in [0.2, 0.25) is 5.91 Å². The molecule has 2 aromatic rings. The van der Waals surface area contributed by atoms with Crippen LogP contribution in [0.4, 0.5) is 5.69 Å². The van der Waals surface area contributed by atoms with Crippen molar-refractivity contribution in [3.8, 4) is 5.75 Å². The number of phenolic OH excluding ortho intramolecular Hbond substituents is 1. The van der Waals surface area contributed by atoms with Crippen LogP contribution in [0.15, 0.2) is 36.4 Å². The molecule has 0 fully saturated rings. The standard InChI is InChI=1S/C12H10ClNO2/c13-7-12(16)14-10-3-1-8-2-4-11(15)6-9(8)5-10/h1-6,15H,7H2,(H,14,16). The first-order valence-electron chi connectivity index (χ1n) is 4.77. The minimum absolute atomic E-state index is 0.0714. The second-order valence-electron chi connectivity index (χ2n) is 3.43. The summed E-state index contributed by atoms with van der Waals surface area (Å²) in [6, 6.07) is 10.5. The Kier molecular flexibility index (Phi) is 2.97. The van der Waals surface area contributed by atoms with Crippen LogP contribution in [0.2, 0.25) is 0 Å². The lowest BCUT2D eigenvalue weighted by atomic mass is 10.1. The van der Waals surface area contributed by atoms with Crippen molar-refractivity contribution >= 4 is 34.0 Å². The Hall–Kier alpha value is -1.74. The largest absolute Gasteiger partial charge is 0.508 e. The monoisotopic (exact) mass is 235 g/mol. The molecule has 0 bridgehead atoms. The SMILES string of the molecule is O=C(CCl)Nc1ccc2ccc(O)cc2c1. The molecular formula is C12H10ClNO2. The zero-order valence-electron chi connectivity index (χ0n) is 8.40. The molecule has 0 aliphatic carbocycles. The summed E-state index contributed by atoms with van der Waals surface area (Å²) in [5, 5.41) is 13.9. The molecule has 1 amide bonds. The predicted octanol–water partition coefficient (Wildman–Crippen LogP) is 2.72. The average molecular weight is 236 g/mol. The van der Waals surface area contributed by atoms with Gasteiger partial charge < -0.3 is 10.4 Å². The molecule has 0 aliphatic heterocycles. The van der Waals surface area contributed by atoms with Gasteiger partial charge in [0.25, 0.3) is 0 Å². The van der Waals surface area contributed by atoms with E-state index in [1.54, 1.807) is 24.3 Å². The van der Waals surface area contributed by atoms with Gasteiger partial charge in [-0.15, -0.1) is 11.6 Å². The van der Waals surface area contributed by atoms with E-state index in [2.05, 4.69) is 5.32 Å². The van der Waals surface area contributed by atoms with Crippen LogP contribution < -0.4 is 5.32 Å². The van der Waals surface area contributed by atoms with Crippen LogP contribution in [0.1, 0.15) is 0 Å². The number of fused-ring (bicyclic) bond motifs is 1. The first kappa shape index (κ1) is 10.8. The van der Waals surface area contributed by atoms with Crippen molar-refractivity contribution in [3.05, 3.63) is 36.4 Å². The lowest BCUT2D eigenvalue weighted by molar-refractivity contribution is -0.113. The smallest absolute Gasteiger partial charge is 0.239 e. The zero-order valence-corrected chi connectivity index (χ0v) is 9.16. The highest BCUT2D eigenvalue weighted by atomic mass is 35.5. The first-order chi connectivity index (χ1) is 7.69. The number of carbonyl (C=O) groups is 1. The van der Waals surface area contributed by atoms with Crippen molar-refractivity contribution in [2.24, 2.45) is 0 Å². The maximum atomic E-state index is 11.1. The third-order valence-electron chi connectivity index (χ3n) is 2.23. The molecular weight excluding hydrogens is 226 g/mol. The highest BCUT2D eigenvalue weighted by Crippen LogP contribution is 2.23. The van der Waals surface area contributed by atoms with Crippen LogP contribution >= 0.6 is 11.6 Å². The van der Waals surface area contributed by atoms with Crippen LogP contribution in [0.5, 0.6) is 5.75 Å². The van der Waals surface area contributed by atoms with E-state index in [9.17, 15) is 9.90 Å². The molecule has 0 saturated carbocycles. The van der Waals surface area contributed by atoms with E-state index in [1.807, 2.05) is 12.1 Å². The second kappa shape index (κ2) is 4.41. The van der Waals surface area contributed by atoms with Gasteiger partial charge in [-0.2, -0.15) is 0 Å². The number of hydrogen-bond acceptors (Lipinski definition) is 2. The average Bonchev–Trinajstić information content (AvgIpc) is 2.28. The number of hydrogen-bond donors (Lipinski definition) is 2. The lowest BCUT2D eigenvalue weighted by Crippen LogP contribution is -2.12. The van der Waals surface area contributed by atoms with Crippen LogP contribution in [0.25, 0.3) is 10.8 Å². The van der Waals surface area contributed by atoms with E-state index < -0.39 is 0 Å².